The van der Waals surface area contributed by atoms with E-state index in [2.05, 4.69) is 10.3 Å². The summed E-state index contributed by atoms with van der Waals surface area (Å²) in [5.41, 5.74) is -2.21. The van der Waals surface area contributed by atoms with Crippen LogP contribution in [0.5, 0.6) is 5.88 Å². The first kappa shape index (κ1) is 19.4. The number of hydrogen-bond donors (Lipinski definition) is 3. The number of carbonyl (C=O) groups is 1. The molecule has 8 heteroatoms. The summed E-state index contributed by atoms with van der Waals surface area (Å²) < 4.78 is 15.5. The van der Waals surface area contributed by atoms with Gasteiger partial charge in [-0.2, -0.15) is 0 Å². The van der Waals surface area contributed by atoms with Gasteiger partial charge in [-0.05, 0) is 42.7 Å². The van der Waals surface area contributed by atoms with Gasteiger partial charge in [-0.25, -0.2) is 9.37 Å². The molecule has 1 aromatic heterocycles. The summed E-state index contributed by atoms with van der Waals surface area (Å²) in [6.45, 7) is -0.302. The molecule has 0 spiro atoms. The van der Waals surface area contributed by atoms with Crippen LogP contribution in [0, 0.1) is 0 Å². The van der Waals surface area contributed by atoms with Crippen molar-refractivity contribution >= 4 is 29.1 Å². The average Bonchev–Trinajstić information content (AvgIpc) is 2.59. The quantitative estimate of drug-likeness (QED) is 0.681. The number of amides is 1. The number of pyridine rings is 1. The molecule has 1 aromatic carbocycles. The van der Waals surface area contributed by atoms with Crippen LogP contribution in [0.15, 0.2) is 36.5 Å². The average molecular weight is 387 g/mol. The Kier molecular flexibility index (Phi) is 6.58. The van der Waals surface area contributed by atoms with Crippen LogP contribution in [0.25, 0.3) is 0 Å². The third kappa shape index (κ3) is 4.60. The molecule has 0 fully saturated rings. The number of aliphatic hydroxyl groups is 1. The van der Waals surface area contributed by atoms with Crippen LogP contribution < -0.4 is 5.32 Å². The second kappa shape index (κ2) is 8.47. The Morgan fingerprint density at radius 3 is 2.72 bits per heavy atom. The fourth-order valence-electron chi connectivity index (χ4n) is 2.38. The summed E-state index contributed by atoms with van der Waals surface area (Å²) in [7, 11) is 0. The maximum atomic E-state index is 15.5. The standard InChI is InChI=1S/C17H17Cl2FN2O3/c18-12-5-4-11(14(19)9-12)10-22-16(25)17(20,6-2-8-23)13-3-1-7-21-15(13)24/h1,3-5,7,9,23H,2,6,8,10H2,(H,21,24)(H,22,25)/t17-/m0/s1. The van der Waals surface area contributed by atoms with Crippen LogP contribution in [-0.2, 0) is 17.0 Å². The Hall–Kier alpha value is -1.89. The van der Waals surface area contributed by atoms with Crippen molar-refractivity contribution in [1.82, 2.24) is 10.3 Å². The molecule has 0 unspecified atom stereocenters. The largest absolute Gasteiger partial charge is 0.493 e. The molecule has 5 nitrogen and oxygen atoms in total. The monoisotopic (exact) mass is 386 g/mol. The van der Waals surface area contributed by atoms with E-state index in [1.54, 1.807) is 12.1 Å². The molecule has 2 aromatic rings. The molecular weight excluding hydrogens is 370 g/mol. The van der Waals surface area contributed by atoms with Crippen molar-refractivity contribution in [3.63, 3.8) is 0 Å². The van der Waals surface area contributed by atoms with Crippen LogP contribution in [-0.4, -0.2) is 27.7 Å². The van der Waals surface area contributed by atoms with E-state index in [-0.39, 0.29) is 31.6 Å². The minimum atomic E-state index is -2.53. The normalized spacial score (nSPS) is 13.3. The lowest BCUT2D eigenvalue weighted by molar-refractivity contribution is -0.134. The van der Waals surface area contributed by atoms with Crippen molar-refractivity contribution in [2.24, 2.45) is 0 Å². The van der Waals surface area contributed by atoms with Crippen LogP contribution in [0.3, 0.4) is 0 Å². The maximum absolute atomic E-state index is 15.5. The number of benzene rings is 1. The molecule has 0 saturated heterocycles. The van der Waals surface area contributed by atoms with E-state index in [1.807, 2.05) is 0 Å². The molecule has 1 amide bonds. The molecule has 0 aliphatic heterocycles. The molecular formula is C17H17Cl2FN2O3. The van der Waals surface area contributed by atoms with Crippen molar-refractivity contribution in [1.29, 1.82) is 0 Å². The lowest BCUT2D eigenvalue weighted by Gasteiger charge is -2.25. The first-order valence-electron chi connectivity index (χ1n) is 7.55. The van der Waals surface area contributed by atoms with Gasteiger partial charge in [-0.1, -0.05) is 29.3 Å². The number of alkyl halides is 1. The van der Waals surface area contributed by atoms with Gasteiger partial charge < -0.3 is 15.5 Å². The van der Waals surface area contributed by atoms with E-state index >= 15 is 4.39 Å². The highest BCUT2D eigenvalue weighted by Crippen LogP contribution is 2.36. The van der Waals surface area contributed by atoms with Crippen LogP contribution in [0.2, 0.25) is 10.0 Å². The summed E-state index contributed by atoms with van der Waals surface area (Å²) >= 11 is 11.9. The van der Waals surface area contributed by atoms with Crippen molar-refractivity contribution in [3.05, 3.63) is 57.7 Å². The van der Waals surface area contributed by atoms with Gasteiger partial charge >= 0.3 is 0 Å². The second-order valence-electron chi connectivity index (χ2n) is 5.42. The fourth-order valence-corrected chi connectivity index (χ4v) is 2.86. The van der Waals surface area contributed by atoms with E-state index in [0.29, 0.717) is 15.6 Å². The van der Waals surface area contributed by atoms with Crippen molar-refractivity contribution in [2.45, 2.75) is 25.1 Å². The number of nitrogens with zero attached hydrogens (tertiary/aromatic N) is 1. The van der Waals surface area contributed by atoms with Crippen molar-refractivity contribution in [3.8, 4) is 5.88 Å². The molecule has 2 rings (SSSR count). The molecule has 0 bridgehead atoms. The minimum Gasteiger partial charge on any atom is -0.493 e. The summed E-state index contributed by atoms with van der Waals surface area (Å²) in [6.07, 6.45) is 1.03. The predicted molar refractivity (Wildman–Crippen MR) is 93.3 cm³/mol. The van der Waals surface area contributed by atoms with Gasteiger partial charge in [0.25, 0.3) is 5.91 Å². The number of nitrogens with one attached hydrogen (secondary N) is 1. The third-order valence-electron chi connectivity index (χ3n) is 3.71. The van der Waals surface area contributed by atoms with E-state index in [1.165, 1.54) is 24.4 Å². The topological polar surface area (TPSA) is 82.5 Å². The zero-order valence-electron chi connectivity index (χ0n) is 13.2. The zero-order valence-corrected chi connectivity index (χ0v) is 14.7. The number of aromatic nitrogens is 1. The Balaban J connectivity index is 2.22. The molecule has 3 N–H and O–H groups in total. The SMILES string of the molecule is O=C(NCc1ccc(Cl)cc1Cl)[C@](F)(CCCO)c1cccnc1O. The first-order chi connectivity index (χ1) is 11.9. The van der Waals surface area contributed by atoms with Gasteiger partial charge in [0.1, 0.15) is 0 Å². The van der Waals surface area contributed by atoms with Gasteiger partial charge in [0, 0.05) is 29.4 Å². The smallest absolute Gasteiger partial charge is 0.262 e. The van der Waals surface area contributed by atoms with Gasteiger partial charge in [-0.15, -0.1) is 0 Å². The highest BCUT2D eigenvalue weighted by atomic mass is 35.5. The zero-order chi connectivity index (χ0) is 18.4. The minimum absolute atomic E-state index is 0.0132. The Morgan fingerprint density at radius 2 is 2.08 bits per heavy atom. The van der Waals surface area contributed by atoms with Crippen LogP contribution in [0.4, 0.5) is 4.39 Å². The van der Waals surface area contributed by atoms with Gasteiger partial charge in [0.05, 0.1) is 5.56 Å². The lowest BCUT2D eigenvalue weighted by Crippen LogP contribution is -2.41. The maximum Gasteiger partial charge on any atom is 0.262 e. The molecule has 0 radical (unpaired) electrons. The summed E-state index contributed by atoms with van der Waals surface area (Å²) in [5.74, 6) is -1.52. The second-order valence-corrected chi connectivity index (χ2v) is 6.26. The van der Waals surface area contributed by atoms with Crippen LogP contribution >= 0.6 is 23.2 Å². The molecule has 1 heterocycles. The van der Waals surface area contributed by atoms with Gasteiger partial charge in [0.15, 0.2) is 0 Å². The molecule has 1 atom stereocenters. The van der Waals surface area contributed by atoms with Gasteiger partial charge in [-0.3, -0.25) is 4.79 Å². The summed E-state index contributed by atoms with van der Waals surface area (Å²) in [6, 6.07) is 7.46. The third-order valence-corrected chi connectivity index (χ3v) is 4.29. The number of rotatable bonds is 7. The summed E-state index contributed by atoms with van der Waals surface area (Å²) in [4.78, 5) is 16.1. The Labute approximate surface area is 154 Å². The molecule has 134 valence electrons. The fraction of sp³-hybridized carbons (Fsp3) is 0.294. The molecule has 0 aliphatic rings. The van der Waals surface area contributed by atoms with Gasteiger partial charge in [0.2, 0.25) is 11.5 Å². The first-order valence-corrected chi connectivity index (χ1v) is 8.30. The summed E-state index contributed by atoms with van der Waals surface area (Å²) in [5, 5.41) is 22.1. The van der Waals surface area contributed by atoms with Crippen molar-refractivity contribution in [2.75, 3.05) is 6.61 Å². The molecule has 25 heavy (non-hydrogen) atoms. The van der Waals surface area contributed by atoms with Crippen molar-refractivity contribution < 1.29 is 19.4 Å². The van der Waals surface area contributed by atoms with E-state index in [9.17, 15) is 9.90 Å². The number of aliphatic hydroxyl groups excluding tert-OH is 1. The number of hydrogen-bond acceptors (Lipinski definition) is 4. The number of halogens is 3. The lowest BCUT2D eigenvalue weighted by atomic mass is 9.90. The van der Waals surface area contributed by atoms with E-state index in [0.717, 1.165) is 0 Å². The number of carbonyl (C=O) groups excluding carboxylic acids is 1. The Bertz CT molecular complexity index is 760. The van der Waals surface area contributed by atoms with Crippen LogP contribution in [0.1, 0.15) is 24.0 Å². The highest BCUT2D eigenvalue weighted by Gasteiger charge is 2.42. The number of aromatic hydroxyl groups is 1. The molecule has 0 aliphatic carbocycles. The van der Waals surface area contributed by atoms with E-state index in [4.69, 9.17) is 28.3 Å². The predicted octanol–water partition coefficient (Wildman–Crippen LogP) is 3.35. The highest BCUT2D eigenvalue weighted by molar-refractivity contribution is 6.35. The van der Waals surface area contributed by atoms with E-state index < -0.39 is 17.5 Å². The Morgan fingerprint density at radius 1 is 1.32 bits per heavy atom. The molecule has 0 saturated carbocycles.